The van der Waals surface area contributed by atoms with Gasteiger partial charge in [-0.1, -0.05) is 24.3 Å². The summed E-state index contributed by atoms with van der Waals surface area (Å²) < 4.78 is 0. The van der Waals surface area contributed by atoms with E-state index in [9.17, 15) is 4.79 Å². The number of anilines is 1. The monoisotopic (exact) mass is 335 g/mol. The van der Waals surface area contributed by atoms with Crippen LogP contribution in [0.4, 0.5) is 5.69 Å². The second-order valence-corrected chi connectivity index (χ2v) is 5.28. The predicted molar refractivity (Wildman–Crippen MR) is 102 cm³/mol. The summed E-state index contributed by atoms with van der Waals surface area (Å²) in [5.41, 5.74) is 15.0. The lowest BCUT2D eigenvalue weighted by molar-refractivity contribution is -0.115. The highest BCUT2D eigenvalue weighted by Crippen LogP contribution is 2.17. The van der Waals surface area contributed by atoms with Crippen LogP contribution in [0, 0.1) is 5.41 Å². The van der Waals surface area contributed by atoms with Gasteiger partial charge in [-0.15, -0.1) is 0 Å². The first kappa shape index (κ1) is 18.1. The Morgan fingerprint density at radius 2 is 2.00 bits per heavy atom. The van der Waals surface area contributed by atoms with Gasteiger partial charge in [-0.05, 0) is 29.3 Å². The number of nitrogens with zero attached hydrogens (tertiary/aromatic N) is 1. The number of nitrogens with two attached hydrogens (primary N) is 2. The van der Waals surface area contributed by atoms with Crippen LogP contribution in [0.3, 0.4) is 0 Å². The van der Waals surface area contributed by atoms with Crippen LogP contribution in [0.25, 0.3) is 11.6 Å². The van der Waals surface area contributed by atoms with Crippen molar-refractivity contribution in [3.8, 4) is 0 Å². The molecule has 0 aliphatic heterocycles. The van der Waals surface area contributed by atoms with Crippen LogP contribution in [0.2, 0.25) is 0 Å². The molecule has 0 bridgehead atoms. The van der Waals surface area contributed by atoms with Gasteiger partial charge >= 0.3 is 0 Å². The molecule has 1 amide bonds. The van der Waals surface area contributed by atoms with Crippen molar-refractivity contribution in [2.75, 3.05) is 5.32 Å². The summed E-state index contributed by atoms with van der Waals surface area (Å²) in [4.78, 5) is 16.1. The smallest absolute Gasteiger partial charge is 0.228 e. The molecule has 1 aromatic heterocycles. The van der Waals surface area contributed by atoms with Crippen molar-refractivity contribution in [3.05, 3.63) is 71.7 Å². The van der Waals surface area contributed by atoms with Crippen molar-refractivity contribution in [2.24, 2.45) is 11.5 Å². The number of nitrogens with one attached hydrogen (secondary N) is 2. The third-order valence-electron chi connectivity index (χ3n) is 3.57. The van der Waals surface area contributed by atoms with Crippen molar-refractivity contribution in [1.29, 1.82) is 5.41 Å². The molecule has 0 radical (unpaired) electrons. The summed E-state index contributed by atoms with van der Waals surface area (Å²) in [6.45, 7) is 0.472. The fraction of sp³-hybridized carbons (Fsp3) is 0.105. The van der Waals surface area contributed by atoms with Gasteiger partial charge in [0.1, 0.15) is 0 Å². The molecule has 0 saturated carbocycles. The highest BCUT2D eigenvalue weighted by Gasteiger charge is 2.04. The standard InChI is InChI=1S/C19H21N5O/c20-10-14-4-6-17(7-5-14)24-19(25)3-1-2-15-13-23-9-8-18(15)16(11-21)12-22/h1-2,4-9,11-13,21H,3,10,20,22H2,(H,24,25)/b2-1+,16-12?,21-11?. The zero-order valence-electron chi connectivity index (χ0n) is 13.8. The summed E-state index contributed by atoms with van der Waals surface area (Å²) in [6.07, 6.45) is 9.63. The molecule has 0 fully saturated rings. The molecule has 0 unspecified atom stereocenters. The molecular formula is C19H21N5O. The highest BCUT2D eigenvalue weighted by molar-refractivity contribution is 6.09. The zero-order chi connectivity index (χ0) is 18.1. The molecule has 1 aromatic carbocycles. The van der Waals surface area contributed by atoms with Crippen LogP contribution in [-0.2, 0) is 11.3 Å². The molecule has 0 saturated heterocycles. The molecule has 25 heavy (non-hydrogen) atoms. The molecule has 6 nitrogen and oxygen atoms in total. The van der Waals surface area contributed by atoms with E-state index < -0.39 is 0 Å². The molecule has 0 aliphatic carbocycles. The maximum absolute atomic E-state index is 12.0. The lowest BCUT2D eigenvalue weighted by atomic mass is 10.0. The Labute approximate surface area is 146 Å². The van der Waals surface area contributed by atoms with Gasteiger partial charge in [0.15, 0.2) is 0 Å². The van der Waals surface area contributed by atoms with Crippen molar-refractivity contribution >= 4 is 29.5 Å². The van der Waals surface area contributed by atoms with E-state index in [0.717, 1.165) is 22.4 Å². The maximum atomic E-state index is 12.0. The number of carbonyl (C=O) groups is 1. The Morgan fingerprint density at radius 3 is 2.64 bits per heavy atom. The van der Waals surface area contributed by atoms with Crippen molar-refractivity contribution < 1.29 is 4.79 Å². The summed E-state index contributed by atoms with van der Waals surface area (Å²) in [5.74, 6) is -0.121. The number of pyridine rings is 1. The number of benzene rings is 1. The number of allylic oxidation sites excluding steroid dienone is 1. The quantitative estimate of drug-likeness (QED) is 0.581. The van der Waals surface area contributed by atoms with E-state index in [0.29, 0.717) is 12.1 Å². The van der Waals surface area contributed by atoms with Gasteiger partial charge in [-0.2, -0.15) is 0 Å². The van der Waals surface area contributed by atoms with Crippen LogP contribution in [0.1, 0.15) is 23.1 Å². The van der Waals surface area contributed by atoms with E-state index in [1.165, 1.54) is 12.4 Å². The molecular weight excluding hydrogens is 314 g/mol. The van der Waals surface area contributed by atoms with Gasteiger partial charge in [0.25, 0.3) is 0 Å². The van der Waals surface area contributed by atoms with E-state index in [-0.39, 0.29) is 12.3 Å². The Hall–Kier alpha value is -3.25. The molecule has 1 heterocycles. The molecule has 128 valence electrons. The largest absolute Gasteiger partial charge is 0.404 e. The van der Waals surface area contributed by atoms with Crippen molar-refractivity contribution in [1.82, 2.24) is 4.98 Å². The fourth-order valence-electron chi connectivity index (χ4n) is 2.25. The average Bonchev–Trinajstić information content (AvgIpc) is 2.64. The summed E-state index contributed by atoms with van der Waals surface area (Å²) in [5, 5.41) is 10.2. The number of hydrogen-bond acceptors (Lipinski definition) is 5. The lowest BCUT2D eigenvalue weighted by Crippen LogP contribution is -2.10. The van der Waals surface area contributed by atoms with Gasteiger partial charge in [0.2, 0.25) is 5.91 Å². The van der Waals surface area contributed by atoms with E-state index >= 15 is 0 Å². The second-order valence-electron chi connectivity index (χ2n) is 5.28. The van der Waals surface area contributed by atoms with Crippen LogP contribution in [0.5, 0.6) is 0 Å². The first-order valence-corrected chi connectivity index (χ1v) is 7.80. The average molecular weight is 335 g/mol. The lowest BCUT2D eigenvalue weighted by Gasteiger charge is -2.06. The minimum absolute atomic E-state index is 0.121. The van der Waals surface area contributed by atoms with Gasteiger partial charge < -0.3 is 22.2 Å². The Morgan fingerprint density at radius 1 is 1.24 bits per heavy atom. The summed E-state index contributed by atoms with van der Waals surface area (Å²) >= 11 is 0. The molecule has 2 rings (SSSR count). The molecule has 0 aliphatic rings. The van der Waals surface area contributed by atoms with Crippen molar-refractivity contribution in [3.63, 3.8) is 0 Å². The minimum Gasteiger partial charge on any atom is -0.404 e. The molecule has 0 spiro atoms. The molecule has 6 N–H and O–H groups in total. The molecule has 2 aromatic rings. The van der Waals surface area contributed by atoms with Crippen LogP contribution >= 0.6 is 0 Å². The van der Waals surface area contributed by atoms with Crippen LogP contribution < -0.4 is 16.8 Å². The van der Waals surface area contributed by atoms with Crippen LogP contribution in [0.15, 0.2) is 55.0 Å². The fourth-order valence-corrected chi connectivity index (χ4v) is 2.25. The Bertz CT molecular complexity index is 794. The van der Waals surface area contributed by atoms with Gasteiger partial charge in [0.05, 0.1) is 0 Å². The summed E-state index contributed by atoms with van der Waals surface area (Å²) in [6, 6.07) is 9.19. The summed E-state index contributed by atoms with van der Waals surface area (Å²) in [7, 11) is 0. The first-order chi connectivity index (χ1) is 12.2. The Balaban J connectivity index is 2.01. The number of hydrogen-bond donors (Lipinski definition) is 4. The van der Waals surface area contributed by atoms with Gasteiger partial charge in [-0.3, -0.25) is 9.78 Å². The first-order valence-electron chi connectivity index (χ1n) is 7.80. The van der Waals surface area contributed by atoms with Crippen LogP contribution in [-0.4, -0.2) is 17.1 Å². The van der Waals surface area contributed by atoms with Crippen molar-refractivity contribution in [2.45, 2.75) is 13.0 Å². The van der Waals surface area contributed by atoms with E-state index in [2.05, 4.69) is 10.3 Å². The Kier molecular flexibility index (Phi) is 6.62. The topological polar surface area (TPSA) is 118 Å². The van der Waals surface area contributed by atoms with Gasteiger partial charge in [-0.25, -0.2) is 0 Å². The number of amides is 1. The predicted octanol–water partition coefficient (Wildman–Crippen LogP) is 2.53. The van der Waals surface area contributed by atoms with Gasteiger partial charge in [0, 0.05) is 54.6 Å². The van der Waals surface area contributed by atoms with E-state index in [4.69, 9.17) is 16.9 Å². The third kappa shape index (κ3) is 5.12. The normalized spacial score (nSPS) is 11.5. The van der Waals surface area contributed by atoms with E-state index in [1.54, 1.807) is 30.6 Å². The molecule has 6 heteroatoms. The minimum atomic E-state index is -0.121. The zero-order valence-corrected chi connectivity index (χ0v) is 13.8. The van der Waals surface area contributed by atoms with E-state index in [1.807, 2.05) is 24.3 Å². The molecule has 0 atom stereocenters. The number of aromatic nitrogens is 1. The number of rotatable bonds is 7. The maximum Gasteiger partial charge on any atom is 0.228 e. The SMILES string of the molecule is N=CC(=CN)c1ccncc1/C=C/CC(=O)Nc1ccc(CN)cc1. The highest BCUT2D eigenvalue weighted by atomic mass is 16.1. The second kappa shape index (κ2) is 9.14. The number of carbonyl (C=O) groups excluding carboxylic acids is 1. The third-order valence-corrected chi connectivity index (χ3v) is 3.57.